The summed E-state index contributed by atoms with van der Waals surface area (Å²) in [5, 5.41) is 25.0. The van der Waals surface area contributed by atoms with Gasteiger partial charge >= 0.3 is 6.03 Å². The van der Waals surface area contributed by atoms with Crippen LogP contribution >= 0.6 is 0 Å². The smallest absolute Gasteiger partial charge is 0.320 e. The Bertz CT molecular complexity index is 1600. The molecule has 3 atom stereocenters. The van der Waals surface area contributed by atoms with Gasteiger partial charge in [-0.3, -0.25) is 14.5 Å². The average molecular weight is 565 g/mol. The first kappa shape index (κ1) is 27.3. The van der Waals surface area contributed by atoms with Crippen LogP contribution in [0.4, 0.5) is 4.79 Å². The van der Waals surface area contributed by atoms with E-state index < -0.39 is 36.8 Å². The zero-order valence-electron chi connectivity index (χ0n) is 23.0. The molecule has 0 bridgehead atoms. The predicted molar refractivity (Wildman–Crippen MR) is 157 cm³/mol. The molecular weight excluding hydrogens is 532 g/mol. The van der Waals surface area contributed by atoms with Gasteiger partial charge in [0.2, 0.25) is 11.8 Å². The number of aliphatic hydroxyl groups excluding tert-OH is 1. The molecule has 0 aliphatic carbocycles. The first-order chi connectivity index (χ1) is 20.4. The predicted octanol–water partition coefficient (Wildman–Crippen LogP) is 3.24. The highest BCUT2D eigenvalue weighted by atomic mass is 16.3. The summed E-state index contributed by atoms with van der Waals surface area (Å²) in [4.78, 5) is 46.0. The number of urea groups is 1. The Balaban J connectivity index is 1.34. The van der Waals surface area contributed by atoms with Crippen LogP contribution in [0.25, 0.3) is 10.8 Å². The van der Waals surface area contributed by atoms with E-state index in [0.29, 0.717) is 6.54 Å². The first-order valence-electron chi connectivity index (χ1n) is 14.0. The van der Waals surface area contributed by atoms with Crippen LogP contribution in [0.3, 0.4) is 0 Å². The number of nitrogens with zero attached hydrogens (tertiary/aromatic N) is 3. The number of phenols is 1. The number of nitrogens with one attached hydrogen (secondary N) is 1. The minimum absolute atomic E-state index is 0.100. The summed E-state index contributed by atoms with van der Waals surface area (Å²) < 4.78 is 0. The number of fused-ring (bicyclic) bond motifs is 2. The van der Waals surface area contributed by atoms with Crippen molar-refractivity contribution in [1.82, 2.24) is 20.0 Å². The molecule has 4 amide bonds. The molecule has 42 heavy (non-hydrogen) atoms. The molecule has 0 saturated carbocycles. The standard InChI is InChI=1S/C33H32N4O5/c38-21-29-32(41)36-28(17-22-13-15-26(39)16-14-22)31(40)35(19-25-11-6-10-24-9-4-5-12-27(24)25)20-30(36)37(29)33(42)34-18-23-7-2-1-3-8-23/h1-16,28-30,38-39H,17-21H2,(H,34,42)/t28-,29-,30?/m0/s1. The molecule has 214 valence electrons. The van der Waals surface area contributed by atoms with Gasteiger partial charge in [-0.2, -0.15) is 0 Å². The summed E-state index contributed by atoms with van der Waals surface area (Å²) in [5.74, 6) is -0.592. The van der Waals surface area contributed by atoms with Crippen LogP contribution < -0.4 is 5.32 Å². The van der Waals surface area contributed by atoms with Gasteiger partial charge in [-0.25, -0.2) is 4.79 Å². The Kier molecular flexibility index (Phi) is 7.50. The summed E-state index contributed by atoms with van der Waals surface area (Å²) in [6, 6.07) is 27.4. The van der Waals surface area contributed by atoms with Crippen molar-refractivity contribution in [3.63, 3.8) is 0 Å². The molecule has 2 fully saturated rings. The van der Waals surface area contributed by atoms with Crippen molar-refractivity contribution < 1.29 is 24.6 Å². The van der Waals surface area contributed by atoms with Crippen LogP contribution in [-0.2, 0) is 29.1 Å². The number of hydrogen-bond acceptors (Lipinski definition) is 5. The molecular formula is C33H32N4O5. The van der Waals surface area contributed by atoms with Crippen molar-refractivity contribution in [2.24, 2.45) is 0 Å². The number of carbonyl (C=O) groups excluding carboxylic acids is 3. The van der Waals surface area contributed by atoms with Gasteiger partial charge in [0.15, 0.2) is 0 Å². The van der Waals surface area contributed by atoms with Gasteiger partial charge in [0, 0.05) is 19.5 Å². The normalized spacial score (nSPS) is 20.2. The average Bonchev–Trinajstić information content (AvgIpc) is 3.30. The van der Waals surface area contributed by atoms with E-state index in [-0.39, 0.29) is 31.2 Å². The largest absolute Gasteiger partial charge is 0.508 e. The van der Waals surface area contributed by atoms with Crippen LogP contribution in [0.5, 0.6) is 5.75 Å². The molecule has 0 radical (unpaired) electrons. The zero-order chi connectivity index (χ0) is 29.2. The number of rotatable bonds is 7. The van der Waals surface area contributed by atoms with E-state index >= 15 is 0 Å². The quantitative estimate of drug-likeness (QED) is 0.319. The monoisotopic (exact) mass is 564 g/mol. The molecule has 1 unspecified atom stereocenters. The van der Waals surface area contributed by atoms with Crippen molar-refractivity contribution in [1.29, 1.82) is 0 Å². The fourth-order valence-corrected chi connectivity index (χ4v) is 6.06. The van der Waals surface area contributed by atoms with Crippen LogP contribution in [0.15, 0.2) is 97.1 Å². The molecule has 2 aliphatic rings. The Hall–Kier alpha value is -4.89. The molecule has 4 aromatic rings. The van der Waals surface area contributed by atoms with Crippen molar-refractivity contribution in [3.8, 4) is 5.75 Å². The number of aromatic hydroxyl groups is 1. The molecule has 9 heteroatoms. The van der Waals surface area contributed by atoms with E-state index in [9.17, 15) is 24.6 Å². The van der Waals surface area contributed by atoms with Crippen molar-refractivity contribution in [2.45, 2.75) is 37.8 Å². The van der Waals surface area contributed by atoms with Crippen molar-refractivity contribution >= 4 is 28.6 Å². The molecule has 0 aromatic heterocycles. The number of aliphatic hydroxyl groups is 1. The van der Waals surface area contributed by atoms with Crippen LogP contribution in [0.2, 0.25) is 0 Å². The van der Waals surface area contributed by atoms with Crippen LogP contribution in [-0.4, -0.2) is 74.2 Å². The topological polar surface area (TPSA) is 113 Å². The maximum absolute atomic E-state index is 14.1. The lowest BCUT2D eigenvalue weighted by molar-refractivity contribution is -0.153. The number of hydrogen-bond donors (Lipinski definition) is 3. The van der Waals surface area contributed by atoms with E-state index in [0.717, 1.165) is 27.5 Å². The van der Waals surface area contributed by atoms with Crippen molar-refractivity contribution in [2.75, 3.05) is 13.2 Å². The van der Waals surface area contributed by atoms with E-state index in [4.69, 9.17) is 0 Å². The summed E-state index contributed by atoms with van der Waals surface area (Å²) in [5.41, 5.74) is 2.62. The molecule has 2 aliphatic heterocycles. The van der Waals surface area contributed by atoms with E-state index in [1.54, 1.807) is 29.2 Å². The van der Waals surface area contributed by atoms with Gasteiger partial charge in [0.1, 0.15) is 24.0 Å². The fraction of sp³-hybridized carbons (Fsp3) is 0.242. The third kappa shape index (κ3) is 5.14. The third-order valence-electron chi connectivity index (χ3n) is 8.13. The fourth-order valence-electron chi connectivity index (χ4n) is 6.06. The summed E-state index contributed by atoms with van der Waals surface area (Å²) >= 11 is 0. The summed E-state index contributed by atoms with van der Waals surface area (Å²) in [6.45, 7) is 0.0992. The van der Waals surface area contributed by atoms with Gasteiger partial charge < -0.3 is 25.3 Å². The number of benzene rings is 4. The SMILES string of the molecule is O=C1[C@H](Cc2ccc(O)cc2)N2C(=O)[C@H](CO)N(C(=O)NCc3ccccc3)C2CN1Cc1cccc2ccccc12. The molecule has 6 rings (SSSR count). The summed E-state index contributed by atoms with van der Waals surface area (Å²) in [7, 11) is 0. The Morgan fingerprint density at radius 1 is 0.810 bits per heavy atom. The van der Waals surface area contributed by atoms with E-state index in [1.165, 1.54) is 9.80 Å². The zero-order valence-corrected chi connectivity index (χ0v) is 23.0. The lowest BCUT2D eigenvalue weighted by Gasteiger charge is -2.44. The van der Waals surface area contributed by atoms with Gasteiger partial charge in [-0.15, -0.1) is 0 Å². The highest BCUT2D eigenvalue weighted by molar-refractivity contribution is 5.96. The highest BCUT2D eigenvalue weighted by Gasteiger charge is 2.55. The second-order valence-electron chi connectivity index (χ2n) is 10.7. The lowest BCUT2D eigenvalue weighted by Crippen LogP contribution is -2.64. The molecule has 2 saturated heterocycles. The lowest BCUT2D eigenvalue weighted by atomic mass is 9.98. The molecule has 3 N–H and O–H groups in total. The number of amides is 4. The number of phenolic OH excluding ortho intramolecular Hbond substituents is 1. The molecule has 9 nitrogen and oxygen atoms in total. The molecule has 0 spiro atoms. The summed E-state index contributed by atoms with van der Waals surface area (Å²) in [6.07, 6.45) is -0.564. The minimum atomic E-state index is -1.11. The second-order valence-corrected chi connectivity index (χ2v) is 10.7. The molecule has 4 aromatic carbocycles. The van der Waals surface area contributed by atoms with Gasteiger partial charge in [-0.1, -0.05) is 84.9 Å². The highest BCUT2D eigenvalue weighted by Crippen LogP contribution is 2.33. The Labute approximate surface area is 243 Å². The first-order valence-corrected chi connectivity index (χ1v) is 14.0. The van der Waals surface area contributed by atoms with Crippen LogP contribution in [0, 0.1) is 0 Å². The number of piperazine rings is 1. The molecule has 2 heterocycles. The maximum atomic E-state index is 14.1. The third-order valence-corrected chi connectivity index (χ3v) is 8.13. The van der Waals surface area contributed by atoms with E-state index in [2.05, 4.69) is 5.32 Å². The van der Waals surface area contributed by atoms with Crippen LogP contribution in [0.1, 0.15) is 16.7 Å². The van der Waals surface area contributed by atoms with Gasteiger partial charge in [0.05, 0.1) is 13.2 Å². The minimum Gasteiger partial charge on any atom is -0.508 e. The van der Waals surface area contributed by atoms with Gasteiger partial charge in [-0.05, 0) is 39.6 Å². The number of carbonyl (C=O) groups is 3. The maximum Gasteiger partial charge on any atom is 0.320 e. The van der Waals surface area contributed by atoms with Gasteiger partial charge in [0.25, 0.3) is 0 Å². The Morgan fingerprint density at radius 3 is 2.29 bits per heavy atom. The Morgan fingerprint density at radius 2 is 1.52 bits per heavy atom. The van der Waals surface area contributed by atoms with E-state index in [1.807, 2.05) is 72.8 Å². The van der Waals surface area contributed by atoms with Crippen molar-refractivity contribution in [3.05, 3.63) is 114 Å². The second kappa shape index (κ2) is 11.5.